The van der Waals surface area contributed by atoms with Crippen LogP contribution >= 0.6 is 11.8 Å². The quantitative estimate of drug-likeness (QED) is 0.510. The summed E-state index contributed by atoms with van der Waals surface area (Å²) in [5.74, 6) is 0.535. The summed E-state index contributed by atoms with van der Waals surface area (Å²) < 4.78 is 5.31. The number of carbonyl (C=O) groups excluding carboxylic acids is 2. The molecule has 0 aromatic carbocycles. The lowest BCUT2D eigenvalue weighted by molar-refractivity contribution is -0.154. The Hall–Kier alpha value is -0.710. The molecule has 0 aliphatic carbocycles. The van der Waals surface area contributed by atoms with Gasteiger partial charge in [0.2, 0.25) is 5.91 Å². The molecule has 0 radical (unpaired) electrons. The Balaban J connectivity index is 2.67. The summed E-state index contributed by atoms with van der Waals surface area (Å²) in [5.41, 5.74) is 0. The fraction of sp³-hybridized carbons (Fsp3) is 0.867. The number of unbranched alkanes of at least 4 members (excludes halogenated alkanes) is 1. The van der Waals surface area contributed by atoms with E-state index in [1.165, 1.54) is 0 Å². The van der Waals surface area contributed by atoms with Crippen LogP contribution in [0.1, 0.15) is 59.3 Å². The molecule has 0 bridgehead atoms. The molecular weight excluding hydrogens is 274 g/mol. The molecule has 0 saturated carbocycles. The average molecular weight is 301 g/mol. The Labute approximate surface area is 126 Å². The number of esters is 1. The Bertz CT molecular complexity index is 322. The molecule has 1 aliphatic rings. The van der Waals surface area contributed by atoms with E-state index in [1.807, 2.05) is 6.92 Å². The number of amides is 1. The van der Waals surface area contributed by atoms with E-state index in [9.17, 15) is 9.59 Å². The average Bonchev–Trinajstić information content (AvgIpc) is 2.83. The summed E-state index contributed by atoms with van der Waals surface area (Å²) in [7, 11) is 0. The first kappa shape index (κ1) is 17.3. The molecule has 1 aliphatic heterocycles. The molecule has 0 N–H and O–H groups in total. The Morgan fingerprint density at radius 3 is 2.55 bits per heavy atom. The molecule has 1 heterocycles. The van der Waals surface area contributed by atoms with Crippen LogP contribution in [0.4, 0.5) is 0 Å². The maximum atomic E-state index is 12.3. The van der Waals surface area contributed by atoms with Crippen molar-refractivity contribution in [2.45, 2.75) is 70.7 Å². The van der Waals surface area contributed by atoms with E-state index in [-0.39, 0.29) is 23.3 Å². The number of ether oxygens (including phenoxy) is 1. The predicted octanol–water partition coefficient (Wildman–Crippen LogP) is 3.20. The first-order valence-corrected chi connectivity index (χ1v) is 8.79. The van der Waals surface area contributed by atoms with Crippen molar-refractivity contribution in [1.29, 1.82) is 0 Å². The van der Waals surface area contributed by atoms with Crippen LogP contribution in [0.3, 0.4) is 0 Å². The maximum absolute atomic E-state index is 12.3. The minimum atomic E-state index is -0.382. The SMILES string of the molecule is CCCCOC(=O)C1CSC(CCC)N1C(=O)CCC. The summed E-state index contributed by atoms with van der Waals surface area (Å²) in [6, 6.07) is -0.382. The first-order chi connectivity index (χ1) is 9.65. The Morgan fingerprint density at radius 2 is 1.95 bits per heavy atom. The van der Waals surface area contributed by atoms with Gasteiger partial charge in [-0.1, -0.05) is 33.6 Å². The van der Waals surface area contributed by atoms with Gasteiger partial charge in [0.15, 0.2) is 0 Å². The molecular formula is C15H27NO3S. The van der Waals surface area contributed by atoms with Gasteiger partial charge in [-0.05, 0) is 19.3 Å². The minimum absolute atomic E-state index is 0.0911. The summed E-state index contributed by atoms with van der Waals surface area (Å²) in [5, 5.41) is 0.141. The highest BCUT2D eigenvalue weighted by Crippen LogP contribution is 2.33. The number of hydrogen-bond donors (Lipinski definition) is 0. The van der Waals surface area contributed by atoms with Gasteiger partial charge in [-0.15, -0.1) is 11.8 Å². The highest BCUT2D eigenvalue weighted by Gasteiger charge is 2.41. The Morgan fingerprint density at radius 1 is 1.20 bits per heavy atom. The van der Waals surface area contributed by atoms with Gasteiger partial charge in [0.1, 0.15) is 6.04 Å². The van der Waals surface area contributed by atoms with Crippen LogP contribution in [0.25, 0.3) is 0 Å². The lowest BCUT2D eigenvalue weighted by Gasteiger charge is -2.28. The summed E-state index contributed by atoms with van der Waals surface area (Å²) in [6.07, 6.45) is 5.18. The fourth-order valence-corrected chi connectivity index (χ4v) is 3.83. The van der Waals surface area contributed by atoms with Crippen LogP contribution in [0.2, 0.25) is 0 Å². The van der Waals surface area contributed by atoms with Crippen LogP contribution in [0.15, 0.2) is 0 Å². The predicted molar refractivity (Wildman–Crippen MR) is 82.6 cm³/mol. The van der Waals surface area contributed by atoms with Gasteiger partial charge in [0, 0.05) is 12.2 Å². The molecule has 1 amide bonds. The second-order valence-electron chi connectivity index (χ2n) is 5.16. The van der Waals surface area contributed by atoms with Gasteiger partial charge in [0.05, 0.1) is 12.0 Å². The third-order valence-electron chi connectivity index (χ3n) is 3.39. The van der Waals surface area contributed by atoms with Crippen LogP contribution in [-0.2, 0) is 14.3 Å². The number of hydrogen-bond acceptors (Lipinski definition) is 4. The number of nitrogens with zero attached hydrogens (tertiary/aromatic N) is 1. The first-order valence-electron chi connectivity index (χ1n) is 7.75. The van der Waals surface area contributed by atoms with Crippen molar-refractivity contribution in [1.82, 2.24) is 4.90 Å². The fourth-order valence-electron chi connectivity index (χ4n) is 2.31. The van der Waals surface area contributed by atoms with E-state index in [2.05, 4.69) is 13.8 Å². The van der Waals surface area contributed by atoms with Crippen molar-refractivity contribution in [3.05, 3.63) is 0 Å². The number of carbonyl (C=O) groups is 2. The van der Waals surface area contributed by atoms with Gasteiger partial charge in [-0.3, -0.25) is 4.79 Å². The third-order valence-corrected chi connectivity index (χ3v) is 4.75. The van der Waals surface area contributed by atoms with Gasteiger partial charge in [-0.2, -0.15) is 0 Å². The standard InChI is InChI=1S/C15H27NO3S/c1-4-7-10-19-15(18)12-11-20-14(9-6-3)16(12)13(17)8-5-2/h12,14H,4-11H2,1-3H3. The smallest absolute Gasteiger partial charge is 0.329 e. The normalized spacial score (nSPS) is 22.1. The van der Waals surface area contributed by atoms with E-state index in [1.54, 1.807) is 16.7 Å². The van der Waals surface area contributed by atoms with Gasteiger partial charge < -0.3 is 9.64 Å². The molecule has 5 heteroatoms. The van der Waals surface area contributed by atoms with Gasteiger partial charge >= 0.3 is 5.97 Å². The van der Waals surface area contributed by atoms with E-state index in [4.69, 9.17) is 4.74 Å². The molecule has 1 rings (SSSR count). The third kappa shape index (κ3) is 4.69. The second-order valence-corrected chi connectivity index (χ2v) is 6.38. The van der Waals surface area contributed by atoms with Gasteiger partial charge in [0.25, 0.3) is 0 Å². The van der Waals surface area contributed by atoms with Crippen molar-refractivity contribution in [3.63, 3.8) is 0 Å². The summed E-state index contributed by atoms with van der Waals surface area (Å²) in [6.45, 7) is 6.62. The molecule has 116 valence electrons. The van der Waals surface area contributed by atoms with E-state index >= 15 is 0 Å². The van der Waals surface area contributed by atoms with Crippen molar-refractivity contribution >= 4 is 23.6 Å². The zero-order valence-corrected chi connectivity index (χ0v) is 13.7. The largest absolute Gasteiger partial charge is 0.464 e. The molecule has 1 fully saturated rings. The lowest BCUT2D eigenvalue weighted by atomic mass is 10.2. The van der Waals surface area contributed by atoms with Crippen molar-refractivity contribution in [2.24, 2.45) is 0 Å². The monoisotopic (exact) mass is 301 g/mol. The van der Waals surface area contributed by atoms with E-state index < -0.39 is 0 Å². The molecule has 2 unspecified atom stereocenters. The number of rotatable bonds is 8. The lowest BCUT2D eigenvalue weighted by Crippen LogP contribution is -2.46. The minimum Gasteiger partial charge on any atom is -0.464 e. The molecule has 2 atom stereocenters. The van der Waals surface area contributed by atoms with Crippen molar-refractivity contribution < 1.29 is 14.3 Å². The molecule has 0 aromatic heterocycles. The topological polar surface area (TPSA) is 46.6 Å². The molecule has 4 nitrogen and oxygen atoms in total. The number of thioether (sulfide) groups is 1. The van der Waals surface area contributed by atoms with Crippen molar-refractivity contribution in [2.75, 3.05) is 12.4 Å². The molecule has 0 aromatic rings. The summed E-state index contributed by atoms with van der Waals surface area (Å²) in [4.78, 5) is 26.2. The second kappa shape index (κ2) is 9.27. The van der Waals surface area contributed by atoms with Crippen LogP contribution < -0.4 is 0 Å². The molecule has 20 heavy (non-hydrogen) atoms. The van der Waals surface area contributed by atoms with Crippen LogP contribution in [0.5, 0.6) is 0 Å². The molecule has 0 spiro atoms. The zero-order chi connectivity index (χ0) is 15.0. The van der Waals surface area contributed by atoms with Crippen LogP contribution in [0, 0.1) is 0 Å². The van der Waals surface area contributed by atoms with Crippen LogP contribution in [-0.4, -0.2) is 40.6 Å². The Kier molecular flexibility index (Phi) is 8.04. The maximum Gasteiger partial charge on any atom is 0.329 e. The van der Waals surface area contributed by atoms with E-state index in [0.29, 0.717) is 18.8 Å². The zero-order valence-electron chi connectivity index (χ0n) is 12.9. The highest BCUT2D eigenvalue weighted by molar-refractivity contribution is 8.00. The van der Waals surface area contributed by atoms with Crippen molar-refractivity contribution in [3.8, 4) is 0 Å². The molecule has 1 saturated heterocycles. The van der Waals surface area contributed by atoms with Gasteiger partial charge in [-0.25, -0.2) is 4.79 Å². The van der Waals surface area contributed by atoms with E-state index in [0.717, 1.165) is 32.1 Å². The summed E-state index contributed by atoms with van der Waals surface area (Å²) >= 11 is 1.71. The highest BCUT2D eigenvalue weighted by atomic mass is 32.2.